The number of hydrogen-bond donors (Lipinski definition) is 0. The first-order valence-corrected chi connectivity index (χ1v) is 7.07. The number of rotatable bonds is 3. The van der Waals surface area contributed by atoms with Crippen molar-refractivity contribution in [3.63, 3.8) is 0 Å². The van der Waals surface area contributed by atoms with Gasteiger partial charge in [-0.3, -0.25) is 4.79 Å². The summed E-state index contributed by atoms with van der Waals surface area (Å²) < 4.78 is 5.49. The lowest BCUT2D eigenvalue weighted by Gasteiger charge is -2.25. The molecule has 1 saturated heterocycles. The van der Waals surface area contributed by atoms with Crippen LogP contribution in [0.5, 0.6) is 0 Å². The van der Waals surface area contributed by atoms with Crippen LogP contribution in [0.4, 0.5) is 0 Å². The fraction of sp³-hybridized carbons (Fsp3) is 0.562. The molecule has 1 fully saturated rings. The number of carbonyl (C=O) groups is 1. The minimum Gasteiger partial charge on any atom is -0.370 e. The molecule has 1 aliphatic carbocycles. The normalized spacial score (nSPS) is 26.9. The van der Waals surface area contributed by atoms with Gasteiger partial charge >= 0.3 is 0 Å². The maximum atomic E-state index is 12.2. The maximum Gasteiger partial charge on any atom is 0.162 e. The van der Waals surface area contributed by atoms with Crippen molar-refractivity contribution in [2.75, 3.05) is 6.61 Å². The van der Waals surface area contributed by atoms with E-state index in [-0.39, 0.29) is 6.10 Å². The highest BCUT2D eigenvalue weighted by atomic mass is 16.5. The van der Waals surface area contributed by atoms with Gasteiger partial charge in [-0.05, 0) is 49.1 Å². The van der Waals surface area contributed by atoms with Gasteiger partial charge in [-0.15, -0.1) is 0 Å². The number of ether oxygens (including phenoxy) is 1. The SMILES string of the molecule is O=C(CC1CCCc2ccccc21)C1CCCO1. The summed E-state index contributed by atoms with van der Waals surface area (Å²) in [6, 6.07) is 8.59. The molecule has 1 aromatic rings. The maximum absolute atomic E-state index is 12.2. The van der Waals surface area contributed by atoms with Crippen LogP contribution in [0.15, 0.2) is 24.3 Å². The van der Waals surface area contributed by atoms with Crippen LogP contribution in [0.25, 0.3) is 0 Å². The van der Waals surface area contributed by atoms with Crippen LogP contribution in [0, 0.1) is 0 Å². The molecule has 2 heteroatoms. The Morgan fingerprint density at radius 3 is 2.94 bits per heavy atom. The summed E-state index contributed by atoms with van der Waals surface area (Å²) in [5, 5.41) is 0. The third-order valence-corrected chi connectivity index (χ3v) is 4.23. The van der Waals surface area contributed by atoms with E-state index in [2.05, 4.69) is 24.3 Å². The van der Waals surface area contributed by atoms with Gasteiger partial charge in [-0.1, -0.05) is 24.3 Å². The van der Waals surface area contributed by atoms with Crippen molar-refractivity contribution in [3.05, 3.63) is 35.4 Å². The molecule has 0 bridgehead atoms. The van der Waals surface area contributed by atoms with Crippen molar-refractivity contribution in [3.8, 4) is 0 Å². The highest BCUT2D eigenvalue weighted by molar-refractivity contribution is 5.84. The van der Waals surface area contributed by atoms with Crippen LogP contribution < -0.4 is 0 Å². The number of aryl methyl sites for hydroxylation is 1. The van der Waals surface area contributed by atoms with Gasteiger partial charge in [0, 0.05) is 13.0 Å². The minimum absolute atomic E-state index is 0.112. The van der Waals surface area contributed by atoms with Gasteiger partial charge in [-0.2, -0.15) is 0 Å². The Labute approximate surface area is 108 Å². The van der Waals surface area contributed by atoms with Crippen LogP contribution in [0.2, 0.25) is 0 Å². The Balaban J connectivity index is 1.72. The first-order valence-electron chi connectivity index (χ1n) is 7.07. The molecule has 1 aromatic carbocycles. The zero-order chi connectivity index (χ0) is 12.4. The Hall–Kier alpha value is -1.15. The lowest BCUT2D eigenvalue weighted by Crippen LogP contribution is -2.23. The molecule has 0 amide bonds. The van der Waals surface area contributed by atoms with Gasteiger partial charge < -0.3 is 4.74 Å². The summed E-state index contributed by atoms with van der Waals surface area (Å²) in [6.07, 6.45) is 6.04. The number of hydrogen-bond acceptors (Lipinski definition) is 2. The molecule has 1 aliphatic heterocycles. The quantitative estimate of drug-likeness (QED) is 0.816. The Bertz CT molecular complexity index is 432. The monoisotopic (exact) mass is 244 g/mol. The van der Waals surface area contributed by atoms with E-state index < -0.39 is 0 Å². The number of benzene rings is 1. The van der Waals surface area contributed by atoms with Crippen LogP contribution in [0.3, 0.4) is 0 Å². The molecule has 3 rings (SSSR count). The Morgan fingerprint density at radius 1 is 1.22 bits per heavy atom. The molecule has 0 aromatic heterocycles. The predicted molar refractivity (Wildman–Crippen MR) is 70.7 cm³/mol. The largest absolute Gasteiger partial charge is 0.370 e. The van der Waals surface area contributed by atoms with Gasteiger partial charge in [0.2, 0.25) is 0 Å². The molecular formula is C16H20O2. The molecule has 0 N–H and O–H groups in total. The molecule has 2 nitrogen and oxygen atoms in total. The summed E-state index contributed by atoms with van der Waals surface area (Å²) >= 11 is 0. The molecule has 96 valence electrons. The third-order valence-electron chi connectivity index (χ3n) is 4.23. The standard InChI is InChI=1S/C16H20O2/c17-15(16-9-4-10-18-16)11-13-7-3-6-12-5-1-2-8-14(12)13/h1-2,5,8,13,16H,3-4,6-7,9-11H2. The zero-order valence-electron chi connectivity index (χ0n) is 10.7. The third kappa shape index (κ3) is 2.35. The Morgan fingerprint density at radius 2 is 2.11 bits per heavy atom. The lowest BCUT2D eigenvalue weighted by molar-refractivity contribution is -0.128. The second-order valence-electron chi connectivity index (χ2n) is 5.46. The van der Waals surface area contributed by atoms with E-state index in [1.54, 1.807) is 0 Å². The van der Waals surface area contributed by atoms with Crippen molar-refractivity contribution in [1.29, 1.82) is 0 Å². The van der Waals surface area contributed by atoms with Crippen LogP contribution >= 0.6 is 0 Å². The van der Waals surface area contributed by atoms with Crippen molar-refractivity contribution >= 4 is 5.78 Å². The highest BCUT2D eigenvalue weighted by Crippen LogP contribution is 2.34. The van der Waals surface area contributed by atoms with E-state index in [1.165, 1.54) is 24.0 Å². The molecule has 0 radical (unpaired) electrons. The van der Waals surface area contributed by atoms with Gasteiger partial charge in [0.05, 0.1) is 0 Å². The topological polar surface area (TPSA) is 26.3 Å². The highest BCUT2D eigenvalue weighted by Gasteiger charge is 2.28. The summed E-state index contributed by atoms with van der Waals surface area (Å²) in [5.41, 5.74) is 2.84. The second-order valence-corrected chi connectivity index (χ2v) is 5.46. The summed E-state index contributed by atoms with van der Waals surface area (Å²) in [7, 11) is 0. The zero-order valence-corrected chi connectivity index (χ0v) is 10.7. The van der Waals surface area contributed by atoms with E-state index in [0.717, 1.165) is 25.9 Å². The van der Waals surface area contributed by atoms with Gasteiger partial charge in [0.25, 0.3) is 0 Å². The fourth-order valence-electron chi connectivity index (χ4n) is 3.27. The van der Waals surface area contributed by atoms with Crippen LogP contribution in [0.1, 0.15) is 49.1 Å². The summed E-state index contributed by atoms with van der Waals surface area (Å²) in [4.78, 5) is 12.2. The molecule has 18 heavy (non-hydrogen) atoms. The first-order chi connectivity index (χ1) is 8.84. The average Bonchev–Trinajstić information content (AvgIpc) is 2.93. The van der Waals surface area contributed by atoms with Gasteiger partial charge in [-0.25, -0.2) is 0 Å². The molecule has 0 spiro atoms. The number of Topliss-reactive ketones (excluding diaryl/α,β-unsaturated/α-hetero) is 1. The smallest absolute Gasteiger partial charge is 0.162 e. The van der Waals surface area contributed by atoms with E-state index >= 15 is 0 Å². The second kappa shape index (κ2) is 5.23. The predicted octanol–water partition coefficient (Wildman–Crippen LogP) is 3.24. The molecular weight excluding hydrogens is 224 g/mol. The number of fused-ring (bicyclic) bond motifs is 1. The minimum atomic E-state index is -0.112. The summed E-state index contributed by atoms with van der Waals surface area (Å²) in [6.45, 7) is 0.762. The van der Waals surface area contributed by atoms with Crippen molar-refractivity contribution in [2.24, 2.45) is 0 Å². The molecule has 0 saturated carbocycles. The number of ketones is 1. The average molecular weight is 244 g/mol. The van der Waals surface area contributed by atoms with Crippen molar-refractivity contribution < 1.29 is 9.53 Å². The summed E-state index contributed by atoms with van der Waals surface area (Å²) in [5.74, 6) is 0.737. The van der Waals surface area contributed by atoms with Crippen LogP contribution in [-0.2, 0) is 16.0 Å². The number of carbonyl (C=O) groups excluding carboxylic acids is 1. The molecule has 2 atom stereocenters. The van der Waals surface area contributed by atoms with E-state index in [0.29, 0.717) is 18.1 Å². The first kappa shape index (κ1) is 11.9. The van der Waals surface area contributed by atoms with Crippen LogP contribution in [-0.4, -0.2) is 18.5 Å². The van der Waals surface area contributed by atoms with E-state index in [4.69, 9.17) is 4.74 Å². The van der Waals surface area contributed by atoms with Crippen molar-refractivity contribution in [2.45, 2.75) is 50.5 Å². The fourth-order valence-corrected chi connectivity index (χ4v) is 3.27. The van der Waals surface area contributed by atoms with E-state index in [9.17, 15) is 4.79 Å². The molecule has 1 heterocycles. The molecule has 2 unspecified atom stereocenters. The lowest BCUT2D eigenvalue weighted by atomic mass is 9.79. The van der Waals surface area contributed by atoms with Gasteiger partial charge in [0.1, 0.15) is 6.10 Å². The van der Waals surface area contributed by atoms with E-state index in [1.807, 2.05) is 0 Å². The van der Waals surface area contributed by atoms with Gasteiger partial charge in [0.15, 0.2) is 5.78 Å². The Kier molecular flexibility index (Phi) is 3.46. The molecule has 2 aliphatic rings. The van der Waals surface area contributed by atoms with Crippen molar-refractivity contribution in [1.82, 2.24) is 0 Å².